The van der Waals surface area contributed by atoms with Crippen molar-refractivity contribution in [3.63, 3.8) is 0 Å². The number of rotatable bonds is 3. The number of carbonyl (C=O) groups excluding carboxylic acids is 1. The Balaban J connectivity index is 1.46. The lowest BCUT2D eigenvalue weighted by Crippen LogP contribution is -2.42. The first-order valence-electron chi connectivity index (χ1n) is 8.22. The minimum atomic E-state index is -3.05. The summed E-state index contributed by atoms with van der Waals surface area (Å²) in [5, 5.41) is 4.39. The van der Waals surface area contributed by atoms with Crippen molar-refractivity contribution in [3.05, 3.63) is 11.5 Å². The van der Waals surface area contributed by atoms with Gasteiger partial charge in [0, 0.05) is 23.8 Å². The van der Waals surface area contributed by atoms with Crippen LogP contribution in [0.3, 0.4) is 0 Å². The number of sulfone groups is 1. The van der Waals surface area contributed by atoms with E-state index in [1.54, 1.807) is 6.08 Å². The lowest BCUT2D eigenvalue weighted by atomic mass is 9.69. The molecule has 0 spiro atoms. The third-order valence-electron chi connectivity index (χ3n) is 5.36. The molecule has 118 valence electrons. The molecule has 2 fully saturated rings. The van der Waals surface area contributed by atoms with Crippen molar-refractivity contribution in [1.82, 2.24) is 5.32 Å². The number of hydrogen-bond acceptors (Lipinski definition) is 3. The van der Waals surface area contributed by atoms with Gasteiger partial charge >= 0.3 is 0 Å². The predicted molar refractivity (Wildman–Crippen MR) is 82.3 cm³/mol. The van der Waals surface area contributed by atoms with Crippen molar-refractivity contribution in [2.75, 3.05) is 5.75 Å². The normalized spacial score (nSPS) is 37.9. The van der Waals surface area contributed by atoms with Crippen LogP contribution in [-0.4, -0.2) is 26.1 Å². The SMILES string of the molecule is O=C(CC1C=CS(=O)(=O)C1)NC1CCC2CCCCC2C1. The number of hydrogen-bond donors (Lipinski definition) is 1. The van der Waals surface area contributed by atoms with Crippen LogP contribution in [0.2, 0.25) is 0 Å². The standard InChI is InChI=1S/C16H25NO3S/c18-16(9-12-7-8-21(19,20)11-12)17-15-6-5-13-3-1-2-4-14(13)10-15/h7-8,12-15H,1-6,9-11H2,(H,17,18). The molecule has 21 heavy (non-hydrogen) atoms. The summed E-state index contributed by atoms with van der Waals surface area (Å²) in [7, 11) is -3.05. The fourth-order valence-electron chi connectivity index (χ4n) is 4.30. The van der Waals surface area contributed by atoms with Gasteiger partial charge in [0.1, 0.15) is 0 Å². The van der Waals surface area contributed by atoms with Crippen LogP contribution in [0.5, 0.6) is 0 Å². The van der Waals surface area contributed by atoms with E-state index in [0.717, 1.165) is 24.7 Å². The Labute approximate surface area is 127 Å². The highest BCUT2D eigenvalue weighted by molar-refractivity contribution is 7.94. The van der Waals surface area contributed by atoms with Crippen LogP contribution in [0.4, 0.5) is 0 Å². The van der Waals surface area contributed by atoms with Gasteiger partial charge in [-0.3, -0.25) is 4.79 Å². The number of nitrogens with one attached hydrogen (secondary N) is 1. The summed E-state index contributed by atoms with van der Waals surface area (Å²) in [6.07, 6.45) is 10.8. The van der Waals surface area contributed by atoms with Gasteiger partial charge in [-0.15, -0.1) is 0 Å². The van der Waals surface area contributed by atoms with Crippen molar-refractivity contribution in [2.45, 2.75) is 57.4 Å². The zero-order valence-electron chi connectivity index (χ0n) is 12.5. The van der Waals surface area contributed by atoms with E-state index >= 15 is 0 Å². The summed E-state index contributed by atoms with van der Waals surface area (Å²) in [4.78, 5) is 12.1. The molecule has 4 unspecified atom stereocenters. The van der Waals surface area contributed by atoms with Crippen LogP contribution >= 0.6 is 0 Å². The Bertz CT molecular complexity index is 526. The molecule has 1 N–H and O–H groups in total. The molecule has 2 saturated carbocycles. The van der Waals surface area contributed by atoms with Gasteiger partial charge in [-0.05, 0) is 31.1 Å². The summed E-state index contributed by atoms with van der Waals surface area (Å²) in [5.74, 6) is 1.65. The lowest BCUT2D eigenvalue weighted by Gasteiger charge is -2.39. The van der Waals surface area contributed by atoms with E-state index in [4.69, 9.17) is 0 Å². The Hall–Kier alpha value is -0.840. The number of allylic oxidation sites excluding steroid dienone is 1. The van der Waals surface area contributed by atoms with Crippen LogP contribution in [0.15, 0.2) is 11.5 Å². The van der Waals surface area contributed by atoms with E-state index in [1.165, 1.54) is 37.5 Å². The van der Waals surface area contributed by atoms with Gasteiger partial charge in [0.25, 0.3) is 0 Å². The predicted octanol–water partition coefficient (Wildman–Crippen LogP) is 2.41. The van der Waals surface area contributed by atoms with Crippen molar-refractivity contribution >= 4 is 15.7 Å². The highest BCUT2D eigenvalue weighted by Crippen LogP contribution is 2.40. The molecule has 5 heteroatoms. The zero-order valence-corrected chi connectivity index (χ0v) is 13.3. The summed E-state index contributed by atoms with van der Waals surface area (Å²) in [6, 6.07) is 0.304. The molecule has 1 aliphatic heterocycles. The molecule has 1 amide bonds. The van der Waals surface area contributed by atoms with Gasteiger partial charge in [0.2, 0.25) is 5.91 Å². The van der Waals surface area contributed by atoms with E-state index < -0.39 is 9.84 Å². The van der Waals surface area contributed by atoms with Gasteiger partial charge in [-0.25, -0.2) is 8.42 Å². The van der Waals surface area contributed by atoms with Crippen molar-refractivity contribution < 1.29 is 13.2 Å². The molecule has 0 aromatic heterocycles. The van der Waals surface area contributed by atoms with Gasteiger partial charge < -0.3 is 5.32 Å². The molecule has 0 aromatic rings. The average molecular weight is 311 g/mol. The van der Waals surface area contributed by atoms with E-state index in [0.29, 0.717) is 12.5 Å². The highest BCUT2D eigenvalue weighted by Gasteiger charge is 2.33. The fourth-order valence-corrected chi connectivity index (χ4v) is 5.69. The Morgan fingerprint density at radius 2 is 1.86 bits per heavy atom. The van der Waals surface area contributed by atoms with Gasteiger partial charge in [0.15, 0.2) is 9.84 Å². The second-order valence-corrected chi connectivity index (χ2v) is 8.94. The molecule has 4 atom stereocenters. The van der Waals surface area contributed by atoms with Crippen molar-refractivity contribution in [1.29, 1.82) is 0 Å². The quantitative estimate of drug-likeness (QED) is 0.870. The summed E-state index contributed by atoms with van der Waals surface area (Å²) < 4.78 is 22.7. The third-order valence-corrected chi connectivity index (χ3v) is 6.82. The maximum absolute atomic E-state index is 12.1. The third kappa shape index (κ3) is 3.87. The maximum Gasteiger partial charge on any atom is 0.220 e. The molecule has 1 heterocycles. The fraction of sp³-hybridized carbons (Fsp3) is 0.812. The van der Waals surface area contributed by atoms with Crippen LogP contribution < -0.4 is 5.32 Å². The number of carbonyl (C=O) groups is 1. The van der Waals surface area contributed by atoms with Gasteiger partial charge in [-0.2, -0.15) is 0 Å². The largest absolute Gasteiger partial charge is 0.353 e. The molecule has 3 aliphatic rings. The highest BCUT2D eigenvalue weighted by atomic mass is 32.2. The Kier molecular flexibility index (Phi) is 4.38. The summed E-state index contributed by atoms with van der Waals surface area (Å²) in [5.41, 5.74) is 0. The molecule has 2 aliphatic carbocycles. The topological polar surface area (TPSA) is 63.2 Å². The van der Waals surface area contributed by atoms with Crippen LogP contribution in [0.25, 0.3) is 0 Å². The number of amides is 1. The second kappa shape index (κ2) is 6.11. The molecule has 0 aromatic carbocycles. The van der Waals surface area contributed by atoms with E-state index in [-0.39, 0.29) is 17.6 Å². The van der Waals surface area contributed by atoms with E-state index in [1.807, 2.05) is 0 Å². The zero-order chi connectivity index (χ0) is 14.9. The minimum Gasteiger partial charge on any atom is -0.353 e. The van der Waals surface area contributed by atoms with Crippen LogP contribution in [-0.2, 0) is 14.6 Å². The number of fused-ring (bicyclic) bond motifs is 1. The second-order valence-electron chi connectivity index (χ2n) is 7.00. The molecular formula is C16H25NO3S. The summed E-state index contributed by atoms with van der Waals surface area (Å²) >= 11 is 0. The molecule has 4 nitrogen and oxygen atoms in total. The first-order valence-corrected chi connectivity index (χ1v) is 9.94. The monoisotopic (exact) mass is 311 g/mol. The smallest absolute Gasteiger partial charge is 0.220 e. The Morgan fingerprint density at radius 3 is 2.57 bits per heavy atom. The van der Waals surface area contributed by atoms with Crippen molar-refractivity contribution in [2.24, 2.45) is 17.8 Å². The molecule has 0 bridgehead atoms. The van der Waals surface area contributed by atoms with Crippen LogP contribution in [0, 0.1) is 17.8 Å². The van der Waals surface area contributed by atoms with E-state index in [2.05, 4.69) is 5.32 Å². The molecular weight excluding hydrogens is 286 g/mol. The average Bonchev–Trinajstić information content (AvgIpc) is 2.77. The molecule has 0 saturated heterocycles. The molecule has 3 rings (SSSR count). The first kappa shape index (κ1) is 15.1. The molecule has 0 radical (unpaired) electrons. The van der Waals surface area contributed by atoms with Crippen molar-refractivity contribution in [3.8, 4) is 0 Å². The van der Waals surface area contributed by atoms with Gasteiger partial charge in [0.05, 0.1) is 5.75 Å². The van der Waals surface area contributed by atoms with Crippen LogP contribution in [0.1, 0.15) is 51.4 Å². The van der Waals surface area contributed by atoms with E-state index in [9.17, 15) is 13.2 Å². The first-order chi connectivity index (χ1) is 10.0. The lowest BCUT2D eigenvalue weighted by molar-refractivity contribution is -0.122. The van der Waals surface area contributed by atoms with Gasteiger partial charge in [-0.1, -0.05) is 31.8 Å². The Morgan fingerprint density at radius 1 is 1.10 bits per heavy atom. The maximum atomic E-state index is 12.1. The summed E-state index contributed by atoms with van der Waals surface area (Å²) in [6.45, 7) is 0. The minimum absolute atomic E-state index is 0.0148.